The summed E-state index contributed by atoms with van der Waals surface area (Å²) in [4.78, 5) is 15.5. The van der Waals surface area contributed by atoms with Crippen molar-refractivity contribution < 1.29 is 18.0 Å². The molecule has 1 heterocycles. The van der Waals surface area contributed by atoms with Gasteiger partial charge in [-0.15, -0.1) is 0 Å². The number of rotatable bonds is 2. The van der Waals surface area contributed by atoms with Gasteiger partial charge in [0.25, 0.3) is 5.91 Å². The van der Waals surface area contributed by atoms with Crippen LogP contribution in [-0.4, -0.2) is 16.0 Å². The minimum Gasteiger partial charge on any atom is -0.317 e. The first-order valence-corrected chi connectivity index (χ1v) is 6.95. The number of thiocarbonyl (C=S) groups is 1. The van der Waals surface area contributed by atoms with Crippen molar-refractivity contribution in [2.24, 2.45) is 0 Å². The molecule has 0 radical (unpaired) electrons. The molecule has 2 aromatic rings. The molecule has 4 nitrogen and oxygen atoms in total. The van der Waals surface area contributed by atoms with E-state index in [9.17, 15) is 18.0 Å². The van der Waals surface area contributed by atoms with E-state index in [1.807, 2.05) is 0 Å². The largest absolute Gasteiger partial charge is 0.417 e. The van der Waals surface area contributed by atoms with E-state index < -0.39 is 17.6 Å². The molecule has 0 saturated carbocycles. The normalized spacial score (nSPS) is 11.0. The molecule has 1 aromatic carbocycles. The molecule has 0 atom stereocenters. The van der Waals surface area contributed by atoms with E-state index in [-0.39, 0.29) is 10.9 Å². The van der Waals surface area contributed by atoms with E-state index in [0.717, 1.165) is 12.1 Å². The molecular weight excluding hydrogens is 351 g/mol. The zero-order valence-electron chi connectivity index (χ0n) is 11.3. The first kappa shape index (κ1) is 17.2. The van der Waals surface area contributed by atoms with Gasteiger partial charge in [0.2, 0.25) is 0 Å². The summed E-state index contributed by atoms with van der Waals surface area (Å²) >= 11 is 10.6. The quantitative estimate of drug-likeness (QED) is 0.799. The average Bonchev–Trinajstić information content (AvgIpc) is 2.47. The Balaban J connectivity index is 1.96. The van der Waals surface area contributed by atoms with Crippen molar-refractivity contribution in [1.29, 1.82) is 0 Å². The number of hydrogen-bond acceptors (Lipinski definition) is 3. The lowest BCUT2D eigenvalue weighted by atomic mass is 10.2. The highest BCUT2D eigenvalue weighted by Crippen LogP contribution is 2.28. The minimum absolute atomic E-state index is 0.0828. The molecule has 0 saturated heterocycles. The number of halogens is 4. The van der Waals surface area contributed by atoms with Crippen molar-refractivity contribution in [3.05, 3.63) is 58.7 Å². The second kappa shape index (κ2) is 6.93. The summed E-state index contributed by atoms with van der Waals surface area (Å²) in [5.74, 6) is -0.398. The van der Waals surface area contributed by atoms with Gasteiger partial charge in [0.1, 0.15) is 5.82 Å². The minimum atomic E-state index is -4.46. The smallest absolute Gasteiger partial charge is 0.317 e. The van der Waals surface area contributed by atoms with Crippen LogP contribution in [0.15, 0.2) is 42.6 Å². The van der Waals surface area contributed by atoms with Crippen LogP contribution in [0.2, 0.25) is 5.02 Å². The van der Waals surface area contributed by atoms with Crippen molar-refractivity contribution in [2.75, 3.05) is 5.32 Å². The summed E-state index contributed by atoms with van der Waals surface area (Å²) in [5, 5.41) is 5.31. The van der Waals surface area contributed by atoms with Gasteiger partial charge in [0.05, 0.1) is 5.56 Å². The summed E-state index contributed by atoms with van der Waals surface area (Å²) in [6, 6.07) is 8.09. The fourth-order valence-electron chi connectivity index (χ4n) is 1.56. The third-order valence-corrected chi connectivity index (χ3v) is 3.12. The Morgan fingerprint density at radius 2 is 1.78 bits per heavy atom. The molecule has 9 heteroatoms. The Morgan fingerprint density at radius 1 is 1.13 bits per heavy atom. The maximum atomic E-state index is 12.4. The Morgan fingerprint density at radius 3 is 2.30 bits per heavy atom. The SMILES string of the molecule is O=C(NC(=S)Nc1ccc(C(F)(F)F)cn1)c1ccc(Cl)cc1. The molecule has 0 aliphatic rings. The van der Waals surface area contributed by atoms with Gasteiger partial charge in [-0.25, -0.2) is 4.98 Å². The van der Waals surface area contributed by atoms with Gasteiger partial charge < -0.3 is 5.32 Å². The van der Waals surface area contributed by atoms with Crippen LogP contribution in [-0.2, 0) is 6.18 Å². The number of hydrogen-bond donors (Lipinski definition) is 2. The number of carbonyl (C=O) groups is 1. The summed E-state index contributed by atoms with van der Waals surface area (Å²) < 4.78 is 37.3. The van der Waals surface area contributed by atoms with Gasteiger partial charge in [-0.05, 0) is 48.6 Å². The van der Waals surface area contributed by atoms with E-state index in [1.54, 1.807) is 12.1 Å². The van der Waals surface area contributed by atoms with Gasteiger partial charge in [-0.1, -0.05) is 11.6 Å². The molecule has 1 aromatic heterocycles. The Bertz CT molecular complexity index is 718. The summed E-state index contributed by atoms with van der Waals surface area (Å²) in [6.45, 7) is 0. The molecule has 120 valence electrons. The van der Waals surface area contributed by atoms with E-state index in [1.165, 1.54) is 12.1 Å². The molecule has 0 bridgehead atoms. The summed E-state index contributed by atoms with van der Waals surface area (Å²) in [6.07, 6.45) is -3.79. The lowest BCUT2D eigenvalue weighted by molar-refractivity contribution is -0.137. The fraction of sp³-hybridized carbons (Fsp3) is 0.0714. The lowest BCUT2D eigenvalue weighted by Crippen LogP contribution is -2.34. The van der Waals surface area contributed by atoms with Crippen LogP contribution < -0.4 is 10.6 Å². The second-order valence-electron chi connectivity index (χ2n) is 4.35. The molecule has 2 rings (SSSR count). The molecule has 0 unspecified atom stereocenters. The Labute approximate surface area is 139 Å². The number of alkyl halides is 3. The van der Waals surface area contributed by atoms with Crippen LogP contribution in [0.1, 0.15) is 15.9 Å². The zero-order chi connectivity index (χ0) is 17.0. The van der Waals surface area contributed by atoms with Gasteiger partial charge in [-0.2, -0.15) is 13.2 Å². The molecule has 2 N–H and O–H groups in total. The summed E-state index contributed by atoms with van der Waals surface area (Å²) in [5.41, 5.74) is -0.543. The van der Waals surface area contributed by atoms with Crippen LogP contribution in [0.4, 0.5) is 19.0 Å². The molecular formula is C14H9ClF3N3OS. The van der Waals surface area contributed by atoms with E-state index in [4.69, 9.17) is 23.8 Å². The van der Waals surface area contributed by atoms with Crippen LogP contribution >= 0.6 is 23.8 Å². The van der Waals surface area contributed by atoms with Crippen molar-refractivity contribution in [3.8, 4) is 0 Å². The first-order valence-electron chi connectivity index (χ1n) is 6.17. The van der Waals surface area contributed by atoms with Crippen molar-refractivity contribution in [1.82, 2.24) is 10.3 Å². The molecule has 0 aliphatic carbocycles. The maximum Gasteiger partial charge on any atom is 0.417 e. The van der Waals surface area contributed by atoms with Gasteiger partial charge in [0, 0.05) is 16.8 Å². The van der Waals surface area contributed by atoms with E-state index >= 15 is 0 Å². The number of carbonyl (C=O) groups excluding carboxylic acids is 1. The maximum absolute atomic E-state index is 12.4. The van der Waals surface area contributed by atoms with E-state index in [2.05, 4.69) is 15.6 Å². The number of nitrogens with zero attached hydrogens (tertiary/aromatic N) is 1. The van der Waals surface area contributed by atoms with Crippen molar-refractivity contribution in [2.45, 2.75) is 6.18 Å². The van der Waals surface area contributed by atoms with Crippen molar-refractivity contribution >= 4 is 40.7 Å². The number of pyridine rings is 1. The van der Waals surface area contributed by atoms with Gasteiger partial charge >= 0.3 is 6.18 Å². The summed E-state index contributed by atoms with van der Waals surface area (Å²) in [7, 11) is 0. The third kappa shape index (κ3) is 4.90. The van der Waals surface area contributed by atoms with Crippen LogP contribution in [0, 0.1) is 0 Å². The monoisotopic (exact) mass is 359 g/mol. The zero-order valence-corrected chi connectivity index (χ0v) is 12.9. The van der Waals surface area contributed by atoms with Gasteiger partial charge in [-0.3, -0.25) is 10.1 Å². The van der Waals surface area contributed by atoms with Gasteiger partial charge in [0.15, 0.2) is 5.11 Å². The Hall–Kier alpha value is -2.19. The van der Waals surface area contributed by atoms with Crippen LogP contribution in [0.3, 0.4) is 0 Å². The molecule has 1 amide bonds. The van der Waals surface area contributed by atoms with Crippen molar-refractivity contribution in [3.63, 3.8) is 0 Å². The second-order valence-corrected chi connectivity index (χ2v) is 5.19. The standard InChI is InChI=1S/C14H9ClF3N3OS/c15-10-4-1-8(2-5-10)12(22)21-13(23)20-11-6-3-9(7-19-11)14(16,17)18/h1-7H,(H2,19,20,21,22,23). The van der Waals surface area contributed by atoms with E-state index in [0.29, 0.717) is 16.8 Å². The van der Waals surface area contributed by atoms with Crippen LogP contribution in [0.5, 0.6) is 0 Å². The highest BCUT2D eigenvalue weighted by Gasteiger charge is 2.30. The third-order valence-electron chi connectivity index (χ3n) is 2.67. The predicted molar refractivity (Wildman–Crippen MR) is 84.4 cm³/mol. The van der Waals surface area contributed by atoms with Crippen LogP contribution in [0.25, 0.3) is 0 Å². The highest BCUT2D eigenvalue weighted by molar-refractivity contribution is 7.80. The number of amides is 1. The Kier molecular flexibility index (Phi) is 5.17. The highest BCUT2D eigenvalue weighted by atomic mass is 35.5. The lowest BCUT2D eigenvalue weighted by Gasteiger charge is -2.10. The molecule has 0 fully saturated rings. The average molecular weight is 360 g/mol. The molecule has 0 spiro atoms. The number of nitrogens with one attached hydrogen (secondary N) is 2. The molecule has 23 heavy (non-hydrogen) atoms. The number of benzene rings is 1. The number of anilines is 1. The topological polar surface area (TPSA) is 54.0 Å². The molecule has 0 aliphatic heterocycles. The number of aromatic nitrogens is 1. The fourth-order valence-corrected chi connectivity index (χ4v) is 1.88. The first-order chi connectivity index (χ1) is 10.8. The predicted octanol–water partition coefficient (Wildman–Crippen LogP) is 3.88.